The topological polar surface area (TPSA) is 90.7 Å². The summed E-state index contributed by atoms with van der Waals surface area (Å²) in [6.45, 7) is 2.79. The van der Waals surface area contributed by atoms with Gasteiger partial charge in [0.1, 0.15) is 23.1 Å². The average Bonchev–Trinajstić information content (AvgIpc) is 3.15. The van der Waals surface area contributed by atoms with Crippen LogP contribution in [0.1, 0.15) is 34.6 Å². The Morgan fingerprint density at radius 2 is 1.92 bits per heavy atom. The smallest absolute Gasteiger partial charge is 0.311 e. The predicted molar refractivity (Wildman–Crippen MR) is 84.5 cm³/mol. The molecule has 8 heteroatoms. The molecule has 0 atom stereocenters. The van der Waals surface area contributed by atoms with Gasteiger partial charge in [0.2, 0.25) is 6.29 Å². The maximum Gasteiger partial charge on any atom is 0.311 e. The van der Waals surface area contributed by atoms with Crippen molar-refractivity contribution in [2.24, 2.45) is 0 Å². The highest BCUT2D eigenvalue weighted by molar-refractivity contribution is 6.30. The highest BCUT2D eigenvalue weighted by atomic mass is 35.5. The van der Waals surface area contributed by atoms with Crippen molar-refractivity contribution in [2.75, 3.05) is 13.2 Å². The number of aliphatic carboxylic acids is 1. The summed E-state index contributed by atoms with van der Waals surface area (Å²) in [5.74, 6) is -0.951. The lowest BCUT2D eigenvalue weighted by Gasteiger charge is -2.09. The van der Waals surface area contributed by atoms with Crippen LogP contribution in [0.15, 0.2) is 24.3 Å². The van der Waals surface area contributed by atoms with Crippen LogP contribution in [0.25, 0.3) is 5.69 Å². The van der Waals surface area contributed by atoms with Gasteiger partial charge in [0.25, 0.3) is 0 Å². The molecule has 1 fully saturated rings. The molecule has 1 aliphatic rings. The van der Waals surface area contributed by atoms with Gasteiger partial charge < -0.3 is 14.6 Å². The van der Waals surface area contributed by atoms with E-state index in [-0.39, 0.29) is 0 Å². The van der Waals surface area contributed by atoms with E-state index in [1.165, 1.54) is 0 Å². The van der Waals surface area contributed by atoms with Gasteiger partial charge in [-0.1, -0.05) is 11.6 Å². The molecule has 0 aliphatic carbocycles. The van der Waals surface area contributed by atoms with E-state index >= 15 is 0 Å². The fraction of sp³-hybridized carbons (Fsp3) is 0.312. The molecule has 1 aromatic heterocycles. The number of carbonyl (C=O) groups is 2. The van der Waals surface area contributed by atoms with Crippen LogP contribution in [-0.2, 0) is 14.3 Å². The van der Waals surface area contributed by atoms with Crippen molar-refractivity contribution in [2.45, 2.75) is 19.6 Å². The van der Waals surface area contributed by atoms with Gasteiger partial charge in [-0.05, 0) is 31.2 Å². The molecular formula is C16H15ClN2O5. The lowest BCUT2D eigenvalue weighted by molar-refractivity contribution is -0.135. The Morgan fingerprint density at radius 3 is 2.50 bits per heavy atom. The minimum absolute atomic E-state index is 0.331. The zero-order chi connectivity index (χ0) is 17.3. The number of carboxylic acid groups (broad SMARTS) is 1. The Hall–Kier alpha value is -2.22. The summed E-state index contributed by atoms with van der Waals surface area (Å²) in [5.41, 5.74) is 1.55. The van der Waals surface area contributed by atoms with Crippen LogP contribution in [-0.4, -0.2) is 39.6 Å². The minimum atomic E-state index is -1.15. The Bertz CT molecular complexity index is 779. The summed E-state index contributed by atoms with van der Waals surface area (Å²) >= 11 is 6.41. The van der Waals surface area contributed by atoms with Crippen LogP contribution < -0.4 is 0 Å². The van der Waals surface area contributed by atoms with E-state index in [4.69, 9.17) is 26.2 Å². The SMILES string of the molecule is Cc1nc(C2OCCO2)c(Cl)n1-c1ccc(C(=O)CC(=O)O)cc1. The molecular weight excluding hydrogens is 336 g/mol. The molecule has 7 nitrogen and oxygen atoms in total. The number of carboxylic acids is 1. The number of aromatic nitrogens is 2. The van der Waals surface area contributed by atoms with E-state index in [1.54, 1.807) is 35.8 Å². The molecule has 1 N–H and O–H groups in total. The van der Waals surface area contributed by atoms with Crippen molar-refractivity contribution < 1.29 is 24.2 Å². The molecule has 0 spiro atoms. The van der Waals surface area contributed by atoms with Crippen molar-refractivity contribution in [3.05, 3.63) is 46.5 Å². The molecule has 3 rings (SSSR count). The molecule has 0 amide bonds. The lowest BCUT2D eigenvalue weighted by Crippen LogP contribution is -2.07. The number of ether oxygens (including phenoxy) is 2. The number of hydrogen-bond acceptors (Lipinski definition) is 5. The molecule has 24 heavy (non-hydrogen) atoms. The third-order valence-electron chi connectivity index (χ3n) is 3.62. The third kappa shape index (κ3) is 3.19. The third-order valence-corrected chi connectivity index (χ3v) is 3.98. The van der Waals surface area contributed by atoms with Gasteiger partial charge in [-0.2, -0.15) is 0 Å². The number of nitrogens with zero attached hydrogens (tertiary/aromatic N) is 2. The maximum absolute atomic E-state index is 11.8. The Balaban J connectivity index is 1.89. The summed E-state index contributed by atoms with van der Waals surface area (Å²) in [6.07, 6.45) is -1.11. The maximum atomic E-state index is 11.8. The number of imidazole rings is 1. The number of ketones is 1. The van der Waals surface area contributed by atoms with E-state index in [1.807, 2.05) is 0 Å². The standard InChI is InChI=1S/C16H15ClN2O5/c1-9-18-14(16-23-6-7-24-16)15(17)19(9)11-4-2-10(3-5-11)12(20)8-13(21)22/h2-5,16H,6-8H2,1H3,(H,21,22). The molecule has 2 heterocycles. The number of hydrogen-bond donors (Lipinski definition) is 1. The quantitative estimate of drug-likeness (QED) is 0.658. The zero-order valence-electron chi connectivity index (χ0n) is 12.9. The summed E-state index contributed by atoms with van der Waals surface area (Å²) in [7, 11) is 0. The largest absolute Gasteiger partial charge is 0.481 e. The summed E-state index contributed by atoms with van der Waals surface area (Å²) in [4.78, 5) is 26.8. The molecule has 0 unspecified atom stereocenters. The number of rotatable bonds is 5. The fourth-order valence-electron chi connectivity index (χ4n) is 2.53. The van der Waals surface area contributed by atoms with E-state index in [0.29, 0.717) is 41.1 Å². The van der Waals surface area contributed by atoms with Crippen molar-refractivity contribution in [1.29, 1.82) is 0 Å². The van der Waals surface area contributed by atoms with Crippen molar-refractivity contribution in [3.8, 4) is 5.69 Å². The van der Waals surface area contributed by atoms with Gasteiger partial charge in [-0.3, -0.25) is 14.2 Å². The van der Waals surface area contributed by atoms with Crippen molar-refractivity contribution in [3.63, 3.8) is 0 Å². The molecule has 1 saturated heterocycles. The van der Waals surface area contributed by atoms with E-state index in [2.05, 4.69) is 4.98 Å². The molecule has 0 bridgehead atoms. The van der Waals surface area contributed by atoms with E-state index in [0.717, 1.165) is 0 Å². The zero-order valence-corrected chi connectivity index (χ0v) is 13.6. The van der Waals surface area contributed by atoms with Crippen molar-refractivity contribution >= 4 is 23.4 Å². The first-order valence-corrected chi connectivity index (χ1v) is 7.68. The second-order valence-electron chi connectivity index (χ2n) is 5.28. The van der Waals surface area contributed by atoms with Crippen LogP contribution in [0.3, 0.4) is 0 Å². The summed E-state index contributed by atoms with van der Waals surface area (Å²) < 4.78 is 12.6. The summed E-state index contributed by atoms with van der Waals surface area (Å²) in [5, 5.41) is 9.06. The molecule has 1 aliphatic heterocycles. The number of carbonyl (C=O) groups excluding carboxylic acids is 1. The van der Waals surface area contributed by atoms with Crippen LogP contribution in [0.2, 0.25) is 5.15 Å². The average molecular weight is 351 g/mol. The van der Waals surface area contributed by atoms with Crippen LogP contribution in [0, 0.1) is 6.92 Å². The van der Waals surface area contributed by atoms with Crippen LogP contribution in [0.4, 0.5) is 0 Å². The molecule has 2 aromatic rings. The monoisotopic (exact) mass is 350 g/mol. The summed E-state index contributed by atoms with van der Waals surface area (Å²) in [6, 6.07) is 6.52. The molecule has 126 valence electrons. The normalized spacial score (nSPS) is 14.9. The highest BCUT2D eigenvalue weighted by Gasteiger charge is 2.27. The number of Topliss-reactive ketones (excluding diaryl/α,β-unsaturated/α-hetero) is 1. The number of benzene rings is 1. The lowest BCUT2D eigenvalue weighted by atomic mass is 10.1. The first-order chi connectivity index (χ1) is 11.5. The Morgan fingerprint density at radius 1 is 1.29 bits per heavy atom. The van der Waals surface area contributed by atoms with Gasteiger partial charge >= 0.3 is 5.97 Å². The van der Waals surface area contributed by atoms with Crippen molar-refractivity contribution in [1.82, 2.24) is 9.55 Å². The van der Waals surface area contributed by atoms with Gasteiger partial charge in [-0.25, -0.2) is 4.98 Å². The predicted octanol–water partition coefficient (Wildman–Crippen LogP) is 2.54. The fourth-order valence-corrected chi connectivity index (χ4v) is 2.88. The van der Waals surface area contributed by atoms with Gasteiger partial charge in [0.05, 0.1) is 13.2 Å². The first-order valence-electron chi connectivity index (χ1n) is 7.30. The molecule has 0 radical (unpaired) electrons. The minimum Gasteiger partial charge on any atom is -0.481 e. The van der Waals surface area contributed by atoms with Crippen LogP contribution in [0.5, 0.6) is 0 Å². The second-order valence-corrected chi connectivity index (χ2v) is 5.64. The first kappa shape index (κ1) is 16.6. The number of halogens is 1. The van der Waals surface area contributed by atoms with E-state index in [9.17, 15) is 9.59 Å². The van der Waals surface area contributed by atoms with Gasteiger partial charge in [0.15, 0.2) is 5.78 Å². The van der Waals surface area contributed by atoms with Gasteiger partial charge in [0, 0.05) is 11.3 Å². The second kappa shape index (κ2) is 6.72. The Kier molecular flexibility index (Phi) is 4.66. The number of aryl methyl sites for hydroxylation is 1. The van der Waals surface area contributed by atoms with E-state index < -0.39 is 24.5 Å². The van der Waals surface area contributed by atoms with Crippen LogP contribution >= 0.6 is 11.6 Å². The molecule has 0 saturated carbocycles. The van der Waals surface area contributed by atoms with Gasteiger partial charge in [-0.15, -0.1) is 0 Å². The highest BCUT2D eigenvalue weighted by Crippen LogP contribution is 2.31. The Labute approximate surface area is 142 Å². The molecule has 1 aromatic carbocycles.